The van der Waals surface area contributed by atoms with E-state index < -0.39 is 11.9 Å². The summed E-state index contributed by atoms with van der Waals surface area (Å²) in [5.41, 5.74) is -0.152. The minimum absolute atomic E-state index is 0.00535. The lowest BCUT2D eigenvalue weighted by Gasteiger charge is -2.26. The van der Waals surface area contributed by atoms with E-state index >= 15 is 0 Å². The van der Waals surface area contributed by atoms with E-state index in [0.29, 0.717) is 6.42 Å². The van der Waals surface area contributed by atoms with Crippen molar-refractivity contribution in [1.29, 1.82) is 0 Å². The maximum atomic E-state index is 11.8. The van der Waals surface area contributed by atoms with Crippen molar-refractivity contribution in [2.24, 2.45) is 17.3 Å². The van der Waals surface area contributed by atoms with Crippen LogP contribution in [0.2, 0.25) is 0 Å². The molecule has 1 aliphatic rings. The minimum Gasteiger partial charge on any atom is -0.481 e. The predicted octanol–water partition coefficient (Wildman–Crippen LogP) is 1.52. The number of hydrogen-bond donors (Lipinski definition) is 1. The number of nitrogens with zero attached hydrogens (tertiary/aromatic N) is 1. The molecule has 0 bridgehead atoms. The van der Waals surface area contributed by atoms with Crippen molar-refractivity contribution in [3.63, 3.8) is 0 Å². The molecule has 1 heterocycles. The van der Waals surface area contributed by atoms with E-state index in [1.54, 1.807) is 6.92 Å². The van der Waals surface area contributed by atoms with Gasteiger partial charge in [0.1, 0.15) is 0 Å². The van der Waals surface area contributed by atoms with E-state index in [2.05, 4.69) is 0 Å². The van der Waals surface area contributed by atoms with E-state index in [4.69, 9.17) is 0 Å². The maximum Gasteiger partial charge on any atom is 0.308 e. The summed E-state index contributed by atoms with van der Waals surface area (Å²) < 4.78 is 0. The molecule has 0 aliphatic carbocycles. The van der Waals surface area contributed by atoms with E-state index in [-0.39, 0.29) is 36.1 Å². The van der Waals surface area contributed by atoms with Crippen LogP contribution in [0.4, 0.5) is 0 Å². The Balaban J connectivity index is 2.76. The fraction of sp³-hybridized carbons (Fsp3) is 0.769. The number of imide groups is 1. The highest BCUT2D eigenvalue weighted by Crippen LogP contribution is 2.27. The first-order valence-corrected chi connectivity index (χ1v) is 6.19. The standard InChI is InChI=1S/C13H21NO4/c1-8-5-10(15)14(11(8)16)7-9(12(17)18)6-13(2,3)4/h8-9H,5-7H2,1-4H3,(H,17,18). The van der Waals surface area contributed by atoms with Gasteiger partial charge in [0.25, 0.3) is 0 Å². The molecular formula is C13H21NO4. The zero-order valence-electron chi connectivity index (χ0n) is 11.4. The van der Waals surface area contributed by atoms with Gasteiger partial charge < -0.3 is 5.11 Å². The zero-order valence-corrected chi connectivity index (χ0v) is 11.4. The third kappa shape index (κ3) is 3.55. The highest BCUT2D eigenvalue weighted by atomic mass is 16.4. The Bertz CT molecular complexity index is 370. The van der Waals surface area contributed by atoms with Crippen molar-refractivity contribution >= 4 is 17.8 Å². The molecule has 2 amide bonds. The van der Waals surface area contributed by atoms with Gasteiger partial charge >= 0.3 is 5.97 Å². The fourth-order valence-corrected chi connectivity index (χ4v) is 2.23. The lowest BCUT2D eigenvalue weighted by Crippen LogP contribution is -2.39. The van der Waals surface area contributed by atoms with E-state index in [9.17, 15) is 19.5 Å². The van der Waals surface area contributed by atoms with Gasteiger partial charge in [-0.3, -0.25) is 19.3 Å². The van der Waals surface area contributed by atoms with Gasteiger partial charge in [-0.25, -0.2) is 0 Å². The molecule has 0 aromatic carbocycles. The monoisotopic (exact) mass is 255 g/mol. The second-order valence-corrected chi connectivity index (χ2v) is 6.25. The van der Waals surface area contributed by atoms with Crippen molar-refractivity contribution in [1.82, 2.24) is 4.90 Å². The summed E-state index contributed by atoms with van der Waals surface area (Å²) >= 11 is 0. The van der Waals surface area contributed by atoms with Crippen LogP contribution in [0.15, 0.2) is 0 Å². The smallest absolute Gasteiger partial charge is 0.308 e. The van der Waals surface area contributed by atoms with Gasteiger partial charge in [-0.2, -0.15) is 0 Å². The third-order valence-electron chi connectivity index (χ3n) is 3.08. The number of carboxylic acid groups (broad SMARTS) is 1. The van der Waals surface area contributed by atoms with Crippen LogP contribution in [-0.4, -0.2) is 34.3 Å². The van der Waals surface area contributed by atoms with E-state index in [1.165, 1.54) is 0 Å². The summed E-state index contributed by atoms with van der Waals surface area (Å²) in [6.07, 6.45) is 0.633. The van der Waals surface area contributed by atoms with Crippen LogP contribution in [-0.2, 0) is 14.4 Å². The van der Waals surface area contributed by atoms with Crippen molar-refractivity contribution in [3.05, 3.63) is 0 Å². The SMILES string of the molecule is CC1CC(=O)N(CC(CC(C)(C)C)C(=O)O)C1=O. The maximum absolute atomic E-state index is 11.8. The summed E-state index contributed by atoms with van der Waals surface area (Å²) in [6, 6.07) is 0. The van der Waals surface area contributed by atoms with Gasteiger partial charge in [-0.1, -0.05) is 27.7 Å². The molecule has 5 nitrogen and oxygen atoms in total. The summed E-state index contributed by atoms with van der Waals surface area (Å²) in [5, 5.41) is 9.19. The molecule has 1 rings (SSSR count). The first-order chi connectivity index (χ1) is 8.11. The molecule has 0 saturated carbocycles. The molecule has 5 heteroatoms. The average Bonchev–Trinajstić information content (AvgIpc) is 2.41. The number of hydrogen-bond acceptors (Lipinski definition) is 3. The Morgan fingerprint density at radius 2 is 2.00 bits per heavy atom. The molecule has 18 heavy (non-hydrogen) atoms. The molecule has 0 aromatic heterocycles. The van der Waals surface area contributed by atoms with Crippen LogP contribution in [0.25, 0.3) is 0 Å². The molecule has 0 radical (unpaired) electrons. The zero-order chi connectivity index (χ0) is 14.1. The van der Waals surface area contributed by atoms with Gasteiger partial charge in [0.05, 0.1) is 5.92 Å². The van der Waals surface area contributed by atoms with Gasteiger partial charge in [-0.05, 0) is 11.8 Å². The first kappa shape index (κ1) is 14.7. The normalized spacial score (nSPS) is 22.4. The Kier molecular flexibility index (Phi) is 4.14. The number of amides is 2. The topological polar surface area (TPSA) is 74.7 Å². The van der Waals surface area contributed by atoms with Crippen molar-refractivity contribution in [2.45, 2.75) is 40.5 Å². The fourth-order valence-electron chi connectivity index (χ4n) is 2.23. The number of likely N-dealkylation sites (tertiary alicyclic amines) is 1. The Labute approximate surface area is 107 Å². The molecule has 0 spiro atoms. The average molecular weight is 255 g/mol. The van der Waals surface area contributed by atoms with Crippen molar-refractivity contribution in [3.8, 4) is 0 Å². The highest BCUT2D eigenvalue weighted by molar-refractivity contribution is 6.03. The van der Waals surface area contributed by atoms with Crippen LogP contribution >= 0.6 is 0 Å². The lowest BCUT2D eigenvalue weighted by atomic mass is 9.84. The van der Waals surface area contributed by atoms with Crippen LogP contribution in [0.3, 0.4) is 0 Å². The van der Waals surface area contributed by atoms with Crippen molar-refractivity contribution < 1.29 is 19.5 Å². The molecule has 1 fully saturated rings. The molecule has 2 atom stereocenters. The Morgan fingerprint density at radius 3 is 2.33 bits per heavy atom. The highest BCUT2D eigenvalue weighted by Gasteiger charge is 2.38. The van der Waals surface area contributed by atoms with Crippen LogP contribution in [0, 0.1) is 17.3 Å². The molecule has 102 valence electrons. The summed E-state index contributed by atoms with van der Waals surface area (Å²) in [7, 11) is 0. The number of aliphatic carboxylic acids is 1. The number of carboxylic acids is 1. The van der Waals surface area contributed by atoms with Gasteiger partial charge in [0.15, 0.2) is 0 Å². The second-order valence-electron chi connectivity index (χ2n) is 6.25. The molecule has 1 N–H and O–H groups in total. The summed E-state index contributed by atoms with van der Waals surface area (Å²) in [4.78, 5) is 35.7. The first-order valence-electron chi connectivity index (χ1n) is 6.19. The Morgan fingerprint density at radius 1 is 1.44 bits per heavy atom. The van der Waals surface area contributed by atoms with Gasteiger partial charge in [0.2, 0.25) is 11.8 Å². The van der Waals surface area contributed by atoms with Crippen molar-refractivity contribution in [2.75, 3.05) is 6.54 Å². The third-order valence-corrected chi connectivity index (χ3v) is 3.08. The predicted molar refractivity (Wildman–Crippen MR) is 65.7 cm³/mol. The van der Waals surface area contributed by atoms with Gasteiger partial charge in [-0.15, -0.1) is 0 Å². The largest absolute Gasteiger partial charge is 0.481 e. The minimum atomic E-state index is -0.954. The molecule has 2 unspecified atom stereocenters. The number of carbonyl (C=O) groups excluding carboxylic acids is 2. The lowest BCUT2D eigenvalue weighted by molar-refractivity contribution is -0.146. The second kappa shape index (κ2) is 5.08. The molecular weight excluding hydrogens is 234 g/mol. The van der Waals surface area contributed by atoms with Crippen LogP contribution < -0.4 is 0 Å². The number of carbonyl (C=O) groups is 3. The number of rotatable bonds is 4. The Hall–Kier alpha value is -1.39. The van der Waals surface area contributed by atoms with Gasteiger partial charge in [0, 0.05) is 18.9 Å². The molecule has 1 saturated heterocycles. The molecule has 0 aromatic rings. The van der Waals surface area contributed by atoms with E-state index in [1.807, 2.05) is 20.8 Å². The summed E-state index contributed by atoms with van der Waals surface area (Å²) in [5.74, 6) is -2.47. The molecule has 1 aliphatic heterocycles. The van der Waals surface area contributed by atoms with Crippen LogP contribution in [0.5, 0.6) is 0 Å². The van der Waals surface area contributed by atoms with E-state index in [0.717, 1.165) is 4.90 Å². The summed E-state index contributed by atoms with van der Waals surface area (Å²) in [6.45, 7) is 7.52. The quantitative estimate of drug-likeness (QED) is 0.773. The van der Waals surface area contributed by atoms with Crippen LogP contribution in [0.1, 0.15) is 40.5 Å².